The fourth-order valence-electron chi connectivity index (χ4n) is 2.89. The van der Waals surface area contributed by atoms with Crippen LogP contribution < -0.4 is 0 Å². The average Bonchev–Trinajstić information content (AvgIpc) is 2.78. The molecule has 0 fully saturated rings. The zero-order valence-corrected chi connectivity index (χ0v) is 20.2. The van der Waals surface area contributed by atoms with Crippen LogP contribution in [0, 0.1) is 34.5 Å². The largest absolute Gasteiger partial charge is 0.465 e. The van der Waals surface area contributed by atoms with Gasteiger partial charge in [-0.2, -0.15) is 0 Å². The molecule has 0 aromatic rings. The van der Waals surface area contributed by atoms with E-state index in [9.17, 15) is 19.2 Å². The minimum absolute atomic E-state index is 0.0540. The number of allylic oxidation sites excluding steroid dienone is 1. The zero-order chi connectivity index (χ0) is 25.3. The van der Waals surface area contributed by atoms with E-state index >= 15 is 0 Å². The molecular weight excluding hydrogens is 428 g/mol. The first-order valence-electron chi connectivity index (χ1n) is 10.9. The first-order chi connectivity index (χ1) is 15.8. The molecule has 0 N–H and O–H groups in total. The monoisotopic (exact) mass is 462 g/mol. The normalized spacial score (nSPS) is 10.5. The predicted molar refractivity (Wildman–Crippen MR) is 121 cm³/mol. The summed E-state index contributed by atoms with van der Waals surface area (Å²) in [6.07, 6.45) is 0.686. The van der Waals surface area contributed by atoms with Gasteiger partial charge in [0.1, 0.15) is 0 Å². The second kappa shape index (κ2) is 15.5. The van der Waals surface area contributed by atoms with Gasteiger partial charge in [-0.05, 0) is 41.0 Å². The van der Waals surface area contributed by atoms with Gasteiger partial charge in [0.15, 0.2) is 10.8 Å². The highest BCUT2D eigenvalue weighted by molar-refractivity contribution is 6.01. The number of hydrogen-bond acceptors (Lipinski definition) is 8. The molecule has 0 saturated carbocycles. The van der Waals surface area contributed by atoms with Crippen molar-refractivity contribution in [3.05, 3.63) is 12.7 Å². The maximum Gasteiger partial charge on any atom is 0.325 e. The first-order valence-corrected chi connectivity index (χ1v) is 10.9. The Morgan fingerprint density at radius 3 is 1.33 bits per heavy atom. The lowest BCUT2D eigenvalue weighted by Crippen LogP contribution is -2.42. The molecule has 0 rings (SSSR count). The van der Waals surface area contributed by atoms with Gasteiger partial charge in [0.2, 0.25) is 0 Å². The van der Waals surface area contributed by atoms with E-state index in [-0.39, 0.29) is 52.1 Å². The summed E-state index contributed by atoms with van der Waals surface area (Å²) in [5.74, 6) is 7.74. The highest BCUT2D eigenvalue weighted by Crippen LogP contribution is 2.33. The molecule has 0 amide bonds. The Morgan fingerprint density at radius 1 is 0.667 bits per heavy atom. The van der Waals surface area contributed by atoms with E-state index in [1.807, 2.05) is 0 Å². The summed E-state index contributed by atoms with van der Waals surface area (Å²) in [5, 5.41) is 0. The molecule has 0 aromatic heterocycles. The maximum atomic E-state index is 12.7. The van der Waals surface area contributed by atoms with Crippen molar-refractivity contribution in [2.75, 3.05) is 26.4 Å². The molecule has 0 atom stereocenters. The van der Waals surface area contributed by atoms with Crippen LogP contribution in [0.25, 0.3) is 0 Å². The minimum Gasteiger partial charge on any atom is -0.465 e. The Kier molecular flexibility index (Phi) is 14.0. The third-order valence-electron chi connectivity index (χ3n) is 4.63. The third-order valence-corrected chi connectivity index (χ3v) is 4.63. The standard InChI is InChI=1S/C25H34O8/c1-7-13-17-25(22(28)32-11-5,23(29)33-12-6)19-15-14-18-24(16-8-2,20(26)30-9-3)21(27)31-10-4/h8H,2,9-12,16-19H2,1,3-6H3. The maximum absolute atomic E-state index is 12.7. The summed E-state index contributed by atoms with van der Waals surface area (Å²) in [6.45, 7) is 11.9. The summed E-state index contributed by atoms with van der Waals surface area (Å²) in [7, 11) is 0. The van der Waals surface area contributed by atoms with Gasteiger partial charge in [-0.3, -0.25) is 19.2 Å². The van der Waals surface area contributed by atoms with Crippen molar-refractivity contribution in [3.8, 4) is 23.7 Å². The van der Waals surface area contributed by atoms with Crippen LogP contribution >= 0.6 is 0 Å². The molecule has 0 saturated heterocycles. The molecule has 0 aliphatic rings. The Hall–Kier alpha value is -3.26. The number of carbonyl (C=O) groups excluding carboxylic acids is 4. The van der Waals surface area contributed by atoms with Crippen molar-refractivity contribution in [3.63, 3.8) is 0 Å². The van der Waals surface area contributed by atoms with Crippen LogP contribution in [0.4, 0.5) is 0 Å². The molecule has 0 aliphatic heterocycles. The van der Waals surface area contributed by atoms with E-state index in [1.165, 1.54) is 6.08 Å². The summed E-state index contributed by atoms with van der Waals surface area (Å²) < 4.78 is 20.4. The molecule has 33 heavy (non-hydrogen) atoms. The lowest BCUT2D eigenvalue weighted by molar-refractivity contribution is -0.173. The van der Waals surface area contributed by atoms with Crippen LogP contribution in [0.15, 0.2) is 12.7 Å². The Labute approximate surface area is 196 Å². The molecule has 0 heterocycles. The number of esters is 4. The van der Waals surface area contributed by atoms with Gasteiger partial charge >= 0.3 is 23.9 Å². The highest BCUT2D eigenvalue weighted by atomic mass is 16.6. The minimum atomic E-state index is -1.75. The van der Waals surface area contributed by atoms with Crippen molar-refractivity contribution in [1.82, 2.24) is 0 Å². The van der Waals surface area contributed by atoms with Crippen molar-refractivity contribution in [1.29, 1.82) is 0 Å². The lowest BCUT2D eigenvalue weighted by atomic mass is 9.79. The average molecular weight is 463 g/mol. The van der Waals surface area contributed by atoms with Gasteiger partial charge in [0.05, 0.1) is 26.4 Å². The topological polar surface area (TPSA) is 105 Å². The Bertz CT molecular complexity index is 783. The van der Waals surface area contributed by atoms with Gasteiger partial charge in [0, 0.05) is 19.3 Å². The number of rotatable bonds is 13. The number of carbonyl (C=O) groups is 4. The van der Waals surface area contributed by atoms with Gasteiger partial charge < -0.3 is 18.9 Å². The molecule has 0 unspecified atom stereocenters. The van der Waals surface area contributed by atoms with E-state index in [4.69, 9.17) is 18.9 Å². The van der Waals surface area contributed by atoms with Crippen LogP contribution in [0.5, 0.6) is 0 Å². The Morgan fingerprint density at radius 2 is 1.00 bits per heavy atom. The fourth-order valence-corrected chi connectivity index (χ4v) is 2.89. The van der Waals surface area contributed by atoms with Gasteiger partial charge in [0.25, 0.3) is 0 Å². The quantitative estimate of drug-likeness (QED) is 0.135. The third kappa shape index (κ3) is 7.98. The van der Waals surface area contributed by atoms with E-state index in [0.29, 0.717) is 0 Å². The molecule has 182 valence electrons. The van der Waals surface area contributed by atoms with Crippen LogP contribution in [0.2, 0.25) is 0 Å². The van der Waals surface area contributed by atoms with E-state index in [2.05, 4.69) is 30.3 Å². The van der Waals surface area contributed by atoms with Crippen molar-refractivity contribution < 1.29 is 38.1 Å². The smallest absolute Gasteiger partial charge is 0.325 e. The number of ether oxygens (including phenoxy) is 4. The molecule has 0 spiro atoms. The molecule has 0 aromatic carbocycles. The summed E-state index contributed by atoms with van der Waals surface area (Å²) in [6, 6.07) is 0. The van der Waals surface area contributed by atoms with Crippen LogP contribution in [-0.2, 0) is 38.1 Å². The molecule has 0 bridgehead atoms. The summed E-state index contributed by atoms with van der Waals surface area (Å²) in [5.41, 5.74) is -3.46. The van der Waals surface area contributed by atoms with E-state index in [0.717, 1.165) is 0 Å². The summed E-state index contributed by atoms with van der Waals surface area (Å²) in [4.78, 5) is 50.9. The molecular formula is C25H34O8. The Balaban J connectivity index is 6.23. The summed E-state index contributed by atoms with van der Waals surface area (Å²) >= 11 is 0. The SMILES string of the molecule is C=CCC(CC#CCC(CC#CC)(C(=O)OCC)C(=O)OCC)(C(=O)OCC)C(=O)OCC. The fraction of sp³-hybridized carbons (Fsp3) is 0.600. The van der Waals surface area contributed by atoms with E-state index < -0.39 is 34.7 Å². The zero-order valence-electron chi connectivity index (χ0n) is 20.2. The molecule has 8 heteroatoms. The van der Waals surface area contributed by atoms with Crippen molar-refractivity contribution >= 4 is 23.9 Å². The lowest BCUT2D eigenvalue weighted by Gasteiger charge is -2.26. The first kappa shape index (κ1) is 29.7. The van der Waals surface area contributed by atoms with Crippen LogP contribution in [0.1, 0.15) is 60.3 Å². The second-order valence-corrected chi connectivity index (χ2v) is 6.85. The molecule has 0 aliphatic carbocycles. The van der Waals surface area contributed by atoms with Crippen LogP contribution in [-0.4, -0.2) is 50.3 Å². The predicted octanol–water partition coefficient (Wildman–Crippen LogP) is 2.98. The van der Waals surface area contributed by atoms with Crippen LogP contribution in [0.3, 0.4) is 0 Å². The van der Waals surface area contributed by atoms with Gasteiger partial charge in [-0.25, -0.2) is 0 Å². The molecule has 8 nitrogen and oxygen atoms in total. The van der Waals surface area contributed by atoms with Crippen molar-refractivity contribution in [2.45, 2.75) is 60.3 Å². The van der Waals surface area contributed by atoms with Crippen molar-refractivity contribution in [2.24, 2.45) is 10.8 Å². The van der Waals surface area contributed by atoms with Gasteiger partial charge in [-0.1, -0.05) is 6.08 Å². The number of hydrogen-bond donors (Lipinski definition) is 0. The van der Waals surface area contributed by atoms with E-state index in [1.54, 1.807) is 34.6 Å². The van der Waals surface area contributed by atoms with Gasteiger partial charge in [-0.15, -0.1) is 30.3 Å². The second-order valence-electron chi connectivity index (χ2n) is 6.85. The molecule has 0 radical (unpaired) electrons. The highest BCUT2D eigenvalue weighted by Gasteiger charge is 2.49.